The van der Waals surface area contributed by atoms with E-state index in [9.17, 15) is 35.7 Å². The van der Waals surface area contributed by atoms with Gasteiger partial charge in [-0.15, -0.1) is 0 Å². The van der Waals surface area contributed by atoms with E-state index in [0.29, 0.717) is 35.5 Å². The van der Waals surface area contributed by atoms with Crippen LogP contribution in [-0.4, -0.2) is 78.5 Å². The summed E-state index contributed by atoms with van der Waals surface area (Å²) in [6.45, 7) is 47.6. The second kappa shape index (κ2) is 56.1. The van der Waals surface area contributed by atoms with Crippen LogP contribution < -0.4 is 0 Å². The first-order valence-electron chi connectivity index (χ1n) is 44.2. The molecule has 7 saturated carbocycles. The van der Waals surface area contributed by atoms with Gasteiger partial charge in [0, 0.05) is 0 Å². The molecule has 7 heteroatoms. The standard InChI is InChI=1S/7C13H26O/c1-4-6-11-7-5-8-13(14)12(11)9-10(2)3;1-4-6-11-7-5-8-12(13(11)14)9-10(2)3;1-4-5-11-7-12(6-10(2)3)9-13(14)8-11;1-4-5-12-9-11(8-10(2)3)6-7-13(12)14;1-4-5-12-7-6-11(8-10(2)3)9-13(12)14;1-4-5-11-9-13(14)7-6-12(11)8-10(2)3;1-4-5-11-6-7-12(8-10(2)3)13(14)9-11/h7*10-14H,4-9H2,1-3H3. The van der Waals surface area contributed by atoms with Gasteiger partial charge in [0.15, 0.2) is 0 Å². The van der Waals surface area contributed by atoms with Crippen LogP contribution in [0, 0.1) is 124 Å². The molecule has 7 fully saturated rings. The van der Waals surface area contributed by atoms with E-state index in [-0.39, 0.29) is 42.7 Å². The lowest BCUT2D eigenvalue weighted by molar-refractivity contribution is 0.00521. The molecule has 0 saturated heterocycles. The fraction of sp³-hybridized carbons (Fsp3) is 1.00. The third-order valence-corrected chi connectivity index (χ3v) is 24.6. The molecule has 7 aliphatic rings. The van der Waals surface area contributed by atoms with Gasteiger partial charge >= 0.3 is 0 Å². The number of rotatable bonds is 28. The van der Waals surface area contributed by atoms with Gasteiger partial charge < -0.3 is 35.7 Å². The van der Waals surface area contributed by atoms with E-state index in [2.05, 4.69) is 145 Å². The Kier molecular flexibility index (Phi) is 54.8. The van der Waals surface area contributed by atoms with E-state index >= 15 is 0 Å². The highest BCUT2D eigenvalue weighted by atomic mass is 16.3. The van der Waals surface area contributed by atoms with E-state index in [1.54, 1.807) is 0 Å². The minimum Gasteiger partial charge on any atom is -0.393 e. The summed E-state index contributed by atoms with van der Waals surface area (Å²) in [4.78, 5) is 0. The molecule has 0 aromatic heterocycles. The molecule has 0 aromatic rings. The zero-order valence-electron chi connectivity index (χ0n) is 70.0. The molecular weight excluding hydrogens is 1200 g/mol. The molecule has 7 nitrogen and oxygen atoms in total. The van der Waals surface area contributed by atoms with Crippen LogP contribution in [-0.2, 0) is 0 Å². The third kappa shape index (κ3) is 43.4. The molecule has 0 aromatic carbocycles. The monoisotopic (exact) mass is 1390 g/mol. The van der Waals surface area contributed by atoms with Gasteiger partial charge in [-0.1, -0.05) is 229 Å². The van der Waals surface area contributed by atoms with Crippen molar-refractivity contribution in [1.29, 1.82) is 0 Å². The van der Waals surface area contributed by atoms with Crippen molar-refractivity contribution < 1.29 is 35.7 Å². The minimum absolute atomic E-state index is 0.00152. The largest absolute Gasteiger partial charge is 0.393 e. The predicted molar refractivity (Wildman–Crippen MR) is 428 cm³/mol. The number of hydrogen-bond acceptors (Lipinski definition) is 7. The topological polar surface area (TPSA) is 142 Å². The molecule has 0 bridgehead atoms. The van der Waals surface area contributed by atoms with Crippen molar-refractivity contribution in [1.82, 2.24) is 0 Å². The van der Waals surface area contributed by atoms with E-state index in [1.807, 2.05) is 0 Å². The maximum atomic E-state index is 10.2. The first-order chi connectivity index (χ1) is 46.4. The van der Waals surface area contributed by atoms with E-state index in [1.165, 1.54) is 218 Å². The van der Waals surface area contributed by atoms with Crippen molar-refractivity contribution in [3.8, 4) is 0 Å². The number of aliphatic hydroxyl groups excluding tert-OH is 7. The Morgan fingerprint density at radius 1 is 0.224 bits per heavy atom. The Morgan fingerprint density at radius 2 is 0.612 bits per heavy atom. The Bertz CT molecular complexity index is 1760. The molecular formula is C91H182O7. The van der Waals surface area contributed by atoms with Crippen molar-refractivity contribution in [2.24, 2.45) is 124 Å². The lowest BCUT2D eigenvalue weighted by Crippen LogP contribution is -2.34. The van der Waals surface area contributed by atoms with Gasteiger partial charge in [0.25, 0.3) is 0 Å². The lowest BCUT2D eigenvalue weighted by Gasteiger charge is -2.36. The Balaban J connectivity index is 0.000000572. The molecule has 21 unspecified atom stereocenters. The van der Waals surface area contributed by atoms with Crippen LogP contribution in [0.5, 0.6) is 0 Å². The molecule has 0 amide bonds. The summed E-state index contributed by atoms with van der Waals surface area (Å²) in [7, 11) is 0. The number of aliphatic hydroxyl groups is 7. The lowest BCUT2D eigenvalue weighted by atomic mass is 9.72. The summed E-state index contributed by atoms with van der Waals surface area (Å²) in [5, 5.41) is 69.5. The maximum Gasteiger partial charge on any atom is 0.0596 e. The maximum absolute atomic E-state index is 10.2. The highest BCUT2D eigenvalue weighted by molar-refractivity contribution is 4.87. The molecule has 0 radical (unpaired) electrons. The van der Waals surface area contributed by atoms with Crippen LogP contribution in [0.2, 0.25) is 0 Å². The van der Waals surface area contributed by atoms with Crippen molar-refractivity contribution in [2.75, 3.05) is 0 Å². The number of hydrogen-bond donors (Lipinski definition) is 7. The first kappa shape index (κ1) is 95.7. The Labute approximate surface area is 614 Å². The van der Waals surface area contributed by atoms with Crippen LogP contribution >= 0.6 is 0 Å². The van der Waals surface area contributed by atoms with E-state index < -0.39 is 0 Å². The zero-order chi connectivity index (χ0) is 73.9. The van der Waals surface area contributed by atoms with Gasteiger partial charge in [0.05, 0.1) is 42.7 Å². The molecule has 98 heavy (non-hydrogen) atoms. The Morgan fingerprint density at radius 3 is 1.15 bits per heavy atom. The highest BCUT2D eigenvalue weighted by Crippen LogP contribution is 2.42. The van der Waals surface area contributed by atoms with Crippen LogP contribution in [0.4, 0.5) is 0 Å². The van der Waals surface area contributed by atoms with Gasteiger partial charge in [0.2, 0.25) is 0 Å². The molecule has 7 rings (SSSR count). The van der Waals surface area contributed by atoms with Crippen LogP contribution in [0.15, 0.2) is 0 Å². The summed E-state index contributed by atoms with van der Waals surface area (Å²) in [6.07, 6.45) is 51.7. The van der Waals surface area contributed by atoms with Gasteiger partial charge in [-0.3, -0.25) is 0 Å². The summed E-state index contributed by atoms with van der Waals surface area (Å²) in [6, 6.07) is 0. The predicted octanol–water partition coefficient (Wildman–Crippen LogP) is 25.3. The molecule has 0 heterocycles. The van der Waals surface area contributed by atoms with Crippen LogP contribution in [0.25, 0.3) is 0 Å². The summed E-state index contributed by atoms with van der Waals surface area (Å²) in [5.41, 5.74) is 0. The zero-order valence-corrected chi connectivity index (χ0v) is 70.0. The normalized spacial score (nSPS) is 33.6. The van der Waals surface area contributed by atoms with Gasteiger partial charge in [0.1, 0.15) is 0 Å². The average molecular weight is 1390 g/mol. The third-order valence-electron chi connectivity index (χ3n) is 24.6. The van der Waals surface area contributed by atoms with Gasteiger partial charge in [-0.2, -0.15) is 0 Å². The van der Waals surface area contributed by atoms with Crippen molar-refractivity contribution in [3.63, 3.8) is 0 Å². The average Bonchev–Trinajstić information content (AvgIpc) is 0.940. The van der Waals surface area contributed by atoms with Crippen molar-refractivity contribution in [2.45, 2.75) is 458 Å². The fourth-order valence-electron chi connectivity index (χ4n) is 20.5. The summed E-state index contributed by atoms with van der Waals surface area (Å²) in [5.74, 6) is 15.5. The fourth-order valence-corrected chi connectivity index (χ4v) is 20.5. The summed E-state index contributed by atoms with van der Waals surface area (Å²) >= 11 is 0. The van der Waals surface area contributed by atoms with E-state index in [0.717, 1.165) is 140 Å². The highest BCUT2D eigenvalue weighted by Gasteiger charge is 2.36. The van der Waals surface area contributed by atoms with Crippen LogP contribution in [0.1, 0.15) is 415 Å². The second-order valence-corrected chi connectivity index (χ2v) is 37.9. The Hall–Kier alpha value is -0.280. The molecule has 21 atom stereocenters. The smallest absolute Gasteiger partial charge is 0.0596 e. The van der Waals surface area contributed by atoms with E-state index in [4.69, 9.17) is 0 Å². The minimum atomic E-state index is -0.0114. The molecule has 7 aliphatic carbocycles. The summed E-state index contributed by atoms with van der Waals surface area (Å²) < 4.78 is 0. The molecule has 7 N–H and O–H groups in total. The first-order valence-corrected chi connectivity index (χ1v) is 44.2. The van der Waals surface area contributed by atoms with Crippen LogP contribution in [0.3, 0.4) is 0 Å². The molecule has 0 aliphatic heterocycles. The van der Waals surface area contributed by atoms with Crippen molar-refractivity contribution in [3.05, 3.63) is 0 Å². The second-order valence-electron chi connectivity index (χ2n) is 37.9. The molecule has 0 spiro atoms. The SMILES string of the molecule is CCCC1CC(CC(C)C)CCC1O.CCCC1CC(O)CC(CC(C)C)C1.CCCC1CC(O)CCC1CC(C)C.CCCC1CCC(CC(C)C)C(O)C1.CCCC1CCC(CC(C)C)CC1O.CCCC1CCCC(CC(C)C)C1O.CCCC1CCCC(O)C1CC(C)C. The van der Waals surface area contributed by atoms with Crippen molar-refractivity contribution >= 4 is 0 Å². The van der Waals surface area contributed by atoms with Gasteiger partial charge in [-0.05, 0) is 310 Å². The molecule has 588 valence electrons. The van der Waals surface area contributed by atoms with Gasteiger partial charge in [-0.25, -0.2) is 0 Å². The quantitative estimate of drug-likeness (QED) is 0.0414.